The summed E-state index contributed by atoms with van der Waals surface area (Å²) in [6.07, 6.45) is 2.96. The van der Waals surface area contributed by atoms with E-state index in [1.807, 2.05) is 0 Å². The van der Waals surface area contributed by atoms with Crippen LogP contribution in [-0.2, 0) is 14.4 Å². The number of nitrogens with zero attached hydrogens (tertiary/aromatic N) is 1. The molecule has 0 aromatic heterocycles. The maximum Gasteiger partial charge on any atom is 0.306 e. The molecule has 19 heavy (non-hydrogen) atoms. The third-order valence-corrected chi connectivity index (χ3v) is 3.67. The van der Waals surface area contributed by atoms with Crippen molar-refractivity contribution >= 4 is 23.5 Å². The second kappa shape index (κ2) is 5.81. The number of carbonyl (C=O) groups is 3. The van der Waals surface area contributed by atoms with E-state index >= 15 is 0 Å². The van der Waals surface area contributed by atoms with Crippen LogP contribution in [0.4, 0.5) is 0 Å². The van der Waals surface area contributed by atoms with E-state index in [0.717, 1.165) is 12.8 Å². The first-order chi connectivity index (χ1) is 9.08. The van der Waals surface area contributed by atoms with Crippen LogP contribution in [0.15, 0.2) is 5.10 Å². The normalized spacial score (nSPS) is 26.5. The molecule has 7 heteroatoms. The molecule has 3 N–H and O–H groups in total. The molecule has 0 radical (unpaired) electrons. The molecule has 2 atom stereocenters. The summed E-state index contributed by atoms with van der Waals surface area (Å²) < 4.78 is 0. The Kier molecular flexibility index (Phi) is 4.13. The summed E-state index contributed by atoms with van der Waals surface area (Å²) in [6.45, 7) is 0.350. The first kappa shape index (κ1) is 13.5. The van der Waals surface area contributed by atoms with E-state index in [1.54, 1.807) is 0 Å². The Morgan fingerprint density at radius 3 is 2.79 bits per heavy atom. The Bertz CT molecular complexity index is 433. The number of aliphatic carboxylic acids is 1. The first-order valence-corrected chi connectivity index (χ1v) is 6.44. The van der Waals surface area contributed by atoms with Crippen LogP contribution < -0.4 is 10.7 Å². The fourth-order valence-electron chi connectivity index (χ4n) is 2.57. The van der Waals surface area contributed by atoms with Gasteiger partial charge in [0.15, 0.2) is 0 Å². The molecule has 0 aromatic rings. The van der Waals surface area contributed by atoms with Gasteiger partial charge in [0.1, 0.15) is 5.71 Å². The van der Waals surface area contributed by atoms with E-state index in [2.05, 4.69) is 15.8 Å². The minimum Gasteiger partial charge on any atom is -0.481 e. The Balaban J connectivity index is 1.83. The van der Waals surface area contributed by atoms with Gasteiger partial charge in [-0.1, -0.05) is 6.42 Å². The van der Waals surface area contributed by atoms with Gasteiger partial charge in [-0.05, 0) is 18.8 Å². The number of hydrogen-bond donors (Lipinski definition) is 3. The van der Waals surface area contributed by atoms with Crippen molar-refractivity contribution < 1.29 is 19.5 Å². The number of rotatable bonds is 4. The van der Waals surface area contributed by atoms with E-state index in [1.165, 1.54) is 0 Å². The molecule has 1 heterocycles. The van der Waals surface area contributed by atoms with Crippen molar-refractivity contribution in [1.82, 2.24) is 10.7 Å². The van der Waals surface area contributed by atoms with Crippen molar-refractivity contribution in [2.75, 3.05) is 6.54 Å². The van der Waals surface area contributed by atoms with Gasteiger partial charge in [0.2, 0.25) is 5.91 Å². The SMILES string of the molecule is O=C1CCC(C(=O)NCC2CCCC2C(=O)O)=NN1. The molecule has 7 nitrogen and oxygen atoms in total. The Hall–Kier alpha value is -1.92. The minimum atomic E-state index is -0.793. The predicted octanol–water partition coefficient (Wildman–Crippen LogP) is -0.131. The van der Waals surface area contributed by atoms with Gasteiger partial charge in [0.25, 0.3) is 5.91 Å². The van der Waals surface area contributed by atoms with Gasteiger partial charge in [-0.15, -0.1) is 0 Å². The van der Waals surface area contributed by atoms with Crippen LogP contribution in [0, 0.1) is 11.8 Å². The quantitative estimate of drug-likeness (QED) is 0.659. The predicted molar refractivity (Wildman–Crippen MR) is 66.3 cm³/mol. The van der Waals surface area contributed by atoms with Crippen LogP contribution in [0.2, 0.25) is 0 Å². The van der Waals surface area contributed by atoms with Crippen molar-refractivity contribution in [2.45, 2.75) is 32.1 Å². The smallest absolute Gasteiger partial charge is 0.306 e. The van der Waals surface area contributed by atoms with Crippen LogP contribution in [0.5, 0.6) is 0 Å². The molecule has 104 valence electrons. The van der Waals surface area contributed by atoms with Crippen LogP contribution in [-0.4, -0.2) is 35.1 Å². The Morgan fingerprint density at radius 1 is 1.37 bits per heavy atom. The highest BCUT2D eigenvalue weighted by Crippen LogP contribution is 2.31. The highest BCUT2D eigenvalue weighted by Gasteiger charge is 2.33. The topological polar surface area (TPSA) is 108 Å². The summed E-state index contributed by atoms with van der Waals surface area (Å²) in [4.78, 5) is 33.7. The van der Waals surface area contributed by atoms with E-state index in [9.17, 15) is 14.4 Å². The molecule has 2 rings (SSSR count). The largest absolute Gasteiger partial charge is 0.481 e. The summed E-state index contributed by atoms with van der Waals surface area (Å²) in [5, 5.41) is 15.5. The maximum atomic E-state index is 11.8. The first-order valence-electron chi connectivity index (χ1n) is 6.44. The lowest BCUT2D eigenvalue weighted by atomic mass is 9.96. The van der Waals surface area contributed by atoms with E-state index < -0.39 is 5.97 Å². The lowest BCUT2D eigenvalue weighted by molar-refractivity contribution is -0.143. The molecule has 1 saturated carbocycles. The zero-order valence-corrected chi connectivity index (χ0v) is 10.5. The van der Waals surface area contributed by atoms with E-state index in [0.29, 0.717) is 25.1 Å². The van der Waals surface area contributed by atoms with Crippen molar-refractivity contribution in [3.63, 3.8) is 0 Å². The van der Waals surface area contributed by atoms with Gasteiger partial charge >= 0.3 is 5.97 Å². The van der Waals surface area contributed by atoms with Gasteiger partial charge in [-0.3, -0.25) is 14.4 Å². The van der Waals surface area contributed by atoms with Crippen LogP contribution in [0.3, 0.4) is 0 Å². The van der Waals surface area contributed by atoms with Crippen molar-refractivity contribution in [1.29, 1.82) is 0 Å². The highest BCUT2D eigenvalue weighted by atomic mass is 16.4. The summed E-state index contributed by atoms with van der Waals surface area (Å²) in [5.41, 5.74) is 2.56. The third-order valence-electron chi connectivity index (χ3n) is 3.67. The van der Waals surface area contributed by atoms with Gasteiger partial charge < -0.3 is 10.4 Å². The molecule has 1 fully saturated rings. The molecule has 1 aliphatic heterocycles. The average Bonchev–Trinajstić information content (AvgIpc) is 2.85. The number of hydrogen-bond acceptors (Lipinski definition) is 4. The third kappa shape index (κ3) is 3.30. The van der Waals surface area contributed by atoms with Crippen molar-refractivity contribution in [3.05, 3.63) is 0 Å². The van der Waals surface area contributed by atoms with E-state index in [-0.39, 0.29) is 30.1 Å². The number of carbonyl (C=O) groups excluding carboxylic acids is 2. The molecule has 2 unspecified atom stereocenters. The van der Waals surface area contributed by atoms with Gasteiger partial charge in [-0.2, -0.15) is 5.10 Å². The van der Waals surface area contributed by atoms with Crippen molar-refractivity contribution in [2.24, 2.45) is 16.9 Å². The Morgan fingerprint density at radius 2 is 2.16 bits per heavy atom. The molecule has 2 aliphatic rings. The highest BCUT2D eigenvalue weighted by molar-refractivity contribution is 6.39. The molecule has 2 amide bonds. The lowest BCUT2D eigenvalue weighted by Gasteiger charge is -2.17. The van der Waals surface area contributed by atoms with Crippen LogP contribution in [0.1, 0.15) is 32.1 Å². The Labute approximate surface area is 110 Å². The molecule has 0 spiro atoms. The average molecular weight is 267 g/mol. The summed E-state index contributed by atoms with van der Waals surface area (Å²) in [7, 11) is 0. The molecule has 0 bridgehead atoms. The number of hydrazone groups is 1. The molecular formula is C12H17N3O4. The van der Waals surface area contributed by atoms with Crippen molar-refractivity contribution in [3.8, 4) is 0 Å². The summed E-state index contributed by atoms with van der Waals surface area (Å²) >= 11 is 0. The lowest BCUT2D eigenvalue weighted by Crippen LogP contribution is -2.40. The fraction of sp³-hybridized carbons (Fsp3) is 0.667. The zero-order valence-electron chi connectivity index (χ0n) is 10.5. The zero-order chi connectivity index (χ0) is 13.8. The van der Waals surface area contributed by atoms with E-state index in [4.69, 9.17) is 5.11 Å². The molecule has 0 aromatic carbocycles. The second-order valence-electron chi connectivity index (χ2n) is 4.94. The van der Waals surface area contributed by atoms with Crippen LogP contribution >= 0.6 is 0 Å². The monoisotopic (exact) mass is 267 g/mol. The molecule has 0 saturated heterocycles. The second-order valence-corrected chi connectivity index (χ2v) is 4.94. The van der Waals surface area contributed by atoms with Crippen LogP contribution in [0.25, 0.3) is 0 Å². The van der Waals surface area contributed by atoms with Gasteiger partial charge in [0.05, 0.1) is 5.92 Å². The molecule has 1 aliphatic carbocycles. The minimum absolute atomic E-state index is 0.0137. The van der Waals surface area contributed by atoms with Gasteiger partial charge in [0, 0.05) is 19.4 Å². The number of amides is 2. The summed E-state index contributed by atoms with van der Waals surface area (Å²) in [6, 6.07) is 0. The maximum absolute atomic E-state index is 11.8. The summed E-state index contributed by atoms with van der Waals surface area (Å²) in [5.74, 6) is -1.69. The number of carboxylic acid groups (broad SMARTS) is 1. The standard InChI is InChI=1S/C12H17N3O4/c16-10-5-4-9(14-15-10)11(17)13-6-7-2-1-3-8(7)12(18)19/h7-8H,1-6H2,(H,13,17)(H,15,16)(H,18,19). The molecular weight excluding hydrogens is 250 g/mol. The van der Waals surface area contributed by atoms with Gasteiger partial charge in [-0.25, -0.2) is 5.43 Å². The number of nitrogens with one attached hydrogen (secondary N) is 2. The number of carboxylic acids is 1. The fourth-order valence-corrected chi connectivity index (χ4v) is 2.57.